The number of hydrogen-bond donors (Lipinski definition) is 1. The van der Waals surface area contributed by atoms with Crippen LogP contribution in [0.15, 0.2) is 12.1 Å². The Morgan fingerprint density at radius 2 is 1.88 bits per heavy atom. The third kappa shape index (κ3) is 4.86. The molecule has 1 heterocycles. The van der Waals surface area contributed by atoms with Crippen molar-refractivity contribution in [2.45, 2.75) is 33.7 Å². The van der Waals surface area contributed by atoms with Crippen LogP contribution in [0.1, 0.15) is 25.0 Å². The van der Waals surface area contributed by atoms with Gasteiger partial charge in [-0.3, -0.25) is 9.69 Å². The van der Waals surface area contributed by atoms with Crippen LogP contribution >= 0.6 is 11.6 Å². The summed E-state index contributed by atoms with van der Waals surface area (Å²) in [5.74, 6) is -0.0987. The Kier molecular flexibility index (Phi) is 6.67. The Hall–Kier alpha value is -1.79. The van der Waals surface area contributed by atoms with E-state index < -0.39 is 0 Å². The summed E-state index contributed by atoms with van der Waals surface area (Å²) in [7, 11) is 0. The average molecular weight is 368 g/mol. The molecular formula is C18H26ClN3O3. The van der Waals surface area contributed by atoms with E-state index in [1.54, 1.807) is 11.8 Å². The molecule has 0 aromatic heterocycles. The van der Waals surface area contributed by atoms with Gasteiger partial charge in [0.2, 0.25) is 5.91 Å². The molecule has 2 amide bonds. The van der Waals surface area contributed by atoms with Gasteiger partial charge in [-0.05, 0) is 44.9 Å². The average Bonchev–Trinajstić information content (AvgIpc) is 2.57. The van der Waals surface area contributed by atoms with E-state index in [1.807, 2.05) is 32.9 Å². The number of benzene rings is 1. The van der Waals surface area contributed by atoms with Crippen molar-refractivity contribution in [1.82, 2.24) is 9.80 Å². The van der Waals surface area contributed by atoms with E-state index in [0.29, 0.717) is 43.5 Å². The zero-order valence-electron chi connectivity index (χ0n) is 15.3. The number of rotatable bonds is 4. The maximum atomic E-state index is 12.6. The molecule has 1 saturated heterocycles. The molecule has 1 N–H and O–H groups in total. The SMILES string of the molecule is CCOC(=O)N1CCN(C(C)C(=O)Nc2c(C)cc(C)cc2Cl)CC1. The van der Waals surface area contributed by atoms with Crippen molar-refractivity contribution in [3.63, 3.8) is 0 Å². The minimum absolute atomic E-state index is 0.0987. The van der Waals surface area contributed by atoms with Crippen LogP contribution in [0.3, 0.4) is 0 Å². The fourth-order valence-corrected chi connectivity index (χ4v) is 3.34. The Morgan fingerprint density at radius 1 is 1.24 bits per heavy atom. The molecule has 2 rings (SSSR count). The van der Waals surface area contributed by atoms with Crippen molar-refractivity contribution in [2.24, 2.45) is 0 Å². The van der Waals surface area contributed by atoms with E-state index >= 15 is 0 Å². The van der Waals surface area contributed by atoms with E-state index in [-0.39, 0.29) is 18.0 Å². The zero-order valence-corrected chi connectivity index (χ0v) is 16.0. The van der Waals surface area contributed by atoms with Crippen LogP contribution in [0.2, 0.25) is 5.02 Å². The van der Waals surface area contributed by atoms with Gasteiger partial charge in [0, 0.05) is 26.2 Å². The lowest BCUT2D eigenvalue weighted by Crippen LogP contribution is -2.54. The molecule has 25 heavy (non-hydrogen) atoms. The maximum Gasteiger partial charge on any atom is 0.409 e. The fraction of sp³-hybridized carbons (Fsp3) is 0.556. The second-order valence-corrected chi connectivity index (χ2v) is 6.73. The van der Waals surface area contributed by atoms with Crippen LogP contribution in [0.25, 0.3) is 0 Å². The highest BCUT2D eigenvalue weighted by Gasteiger charge is 2.28. The Bertz CT molecular complexity index is 619. The Balaban J connectivity index is 1.94. The van der Waals surface area contributed by atoms with Crippen molar-refractivity contribution in [3.8, 4) is 0 Å². The van der Waals surface area contributed by atoms with Crippen LogP contribution in [0.5, 0.6) is 0 Å². The molecule has 1 aliphatic heterocycles. The number of hydrogen-bond acceptors (Lipinski definition) is 4. The zero-order chi connectivity index (χ0) is 18.6. The highest BCUT2D eigenvalue weighted by molar-refractivity contribution is 6.34. The lowest BCUT2D eigenvalue weighted by atomic mass is 10.1. The van der Waals surface area contributed by atoms with Crippen molar-refractivity contribution in [2.75, 3.05) is 38.1 Å². The second kappa shape index (κ2) is 8.54. The number of carbonyl (C=O) groups is 2. The normalized spacial score (nSPS) is 16.4. The van der Waals surface area contributed by atoms with Crippen molar-refractivity contribution < 1.29 is 14.3 Å². The van der Waals surface area contributed by atoms with E-state index in [4.69, 9.17) is 16.3 Å². The summed E-state index contributed by atoms with van der Waals surface area (Å²) in [5, 5.41) is 3.49. The fourth-order valence-electron chi connectivity index (χ4n) is 2.97. The number of halogens is 1. The van der Waals surface area contributed by atoms with Gasteiger partial charge in [0.1, 0.15) is 0 Å². The van der Waals surface area contributed by atoms with Gasteiger partial charge in [-0.15, -0.1) is 0 Å². The summed E-state index contributed by atoms with van der Waals surface area (Å²) in [5.41, 5.74) is 2.66. The van der Waals surface area contributed by atoms with Crippen LogP contribution in [-0.4, -0.2) is 60.6 Å². The molecule has 1 atom stereocenters. The van der Waals surface area contributed by atoms with Gasteiger partial charge < -0.3 is 15.0 Å². The largest absolute Gasteiger partial charge is 0.450 e. The summed E-state index contributed by atoms with van der Waals surface area (Å²) >= 11 is 6.27. The summed E-state index contributed by atoms with van der Waals surface area (Å²) in [6, 6.07) is 3.53. The summed E-state index contributed by atoms with van der Waals surface area (Å²) < 4.78 is 5.01. The van der Waals surface area contributed by atoms with Crippen LogP contribution in [0, 0.1) is 13.8 Å². The van der Waals surface area contributed by atoms with E-state index in [9.17, 15) is 9.59 Å². The first-order valence-electron chi connectivity index (χ1n) is 8.56. The number of carbonyl (C=O) groups excluding carboxylic acids is 2. The maximum absolute atomic E-state index is 12.6. The standard InChI is InChI=1S/C18H26ClN3O3/c1-5-25-18(24)22-8-6-21(7-9-22)14(4)17(23)20-16-13(3)10-12(2)11-15(16)19/h10-11,14H,5-9H2,1-4H3,(H,20,23). The van der Waals surface area contributed by atoms with Gasteiger partial charge >= 0.3 is 6.09 Å². The molecule has 6 nitrogen and oxygen atoms in total. The van der Waals surface area contributed by atoms with Crippen LogP contribution < -0.4 is 5.32 Å². The first-order valence-corrected chi connectivity index (χ1v) is 8.94. The molecule has 1 aliphatic rings. The van der Waals surface area contributed by atoms with Gasteiger partial charge in [0.05, 0.1) is 23.4 Å². The predicted octanol–water partition coefficient (Wildman–Crippen LogP) is 3.06. The quantitative estimate of drug-likeness (QED) is 0.888. The minimum Gasteiger partial charge on any atom is -0.450 e. The lowest BCUT2D eigenvalue weighted by Gasteiger charge is -2.36. The second-order valence-electron chi connectivity index (χ2n) is 6.33. The molecular weight excluding hydrogens is 342 g/mol. The topological polar surface area (TPSA) is 61.9 Å². The van der Waals surface area contributed by atoms with Gasteiger partial charge in [-0.25, -0.2) is 4.79 Å². The Labute approximate surface area is 154 Å². The highest BCUT2D eigenvalue weighted by Crippen LogP contribution is 2.27. The number of nitrogens with one attached hydrogen (secondary N) is 1. The minimum atomic E-state index is -0.305. The van der Waals surface area contributed by atoms with Crippen molar-refractivity contribution in [1.29, 1.82) is 0 Å². The molecule has 0 radical (unpaired) electrons. The first kappa shape index (κ1) is 19.5. The number of aryl methyl sites for hydroxylation is 2. The van der Waals surface area contributed by atoms with E-state index in [0.717, 1.165) is 11.1 Å². The molecule has 0 saturated carbocycles. The van der Waals surface area contributed by atoms with E-state index in [1.165, 1.54) is 0 Å². The molecule has 0 bridgehead atoms. The van der Waals surface area contributed by atoms with Crippen molar-refractivity contribution in [3.05, 3.63) is 28.3 Å². The highest BCUT2D eigenvalue weighted by atomic mass is 35.5. The third-order valence-electron chi connectivity index (χ3n) is 4.45. The number of amides is 2. The molecule has 1 unspecified atom stereocenters. The van der Waals surface area contributed by atoms with Gasteiger partial charge in [0.15, 0.2) is 0 Å². The summed E-state index contributed by atoms with van der Waals surface area (Å²) in [4.78, 5) is 28.1. The van der Waals surface area contributed by atoms with Gasteiger partial charge in [-0.2, -0.15) is 0 Å². The predicted molar refractivity (Wildman–Crippen MR) is 99.2 cm³/mol. The molecule has 1 aromatic rings. The molecule has 0 spiro atoms. The smallest absolute Gasteiger partial charge is 0.409 e. The van der Waals surface area contributed by atoms with Gasteiger partial charge in [-0.1, -0.05) is 17.7 Å². The molecule has 1 aromatic carbocycles. The van der Waals surface area contributed by atoms with E-state index in [2.05, 4.69) is 10.2 Å². The molecule has 138 valence electrons. The van der Waals surface area contributed by atoms with Crippen molar-refractivity contribution >= 4 is 29.3 Å². The number of piperazine rings is 1. The molecule has 7 heteroatoms. The van der Waals surface area contributed by atoms with Crippen LogP contribution in [-0.2, 0) is 9.53 Å². The number of nitrogens with zero attached hydrogens (tertiary/aromatic N) is 2. The lowest BCUT2D eigenvalue weighted by molar-refractivity contribution is -0.121. The molecule has 0 aliphatic carbocycles. The third-order valence-corrected chi connectivity index (χ3v) is 4.75. The number of anilines is 1. The first-order chi connectivity index (χ1) is 11.8. The number of ether oxygens (including phenoxy) is 1. The summed E-state index contributed by atoms with van der Waals surface area (Å²) in [6.07, 6.45) is -0.290. The molecule has 1 fully saturated rings. The van der Waals surface area contributed by atoms with Gasteiger partial charge in [0.25, 0.3) is 0 Å². The Morgan fingerprint density at radius 3 is 2.44 bits per heavy atom. The summed E-state index contributed by atoms with van der Waals surface area (Å²) in [6.45, 7) is 10.3. The van der Waals surface area contributed by atoms with Crippen LogP contribution in [0.4, 0.5) is 10.5 Å². The monoisotopic (exact) mass is 367 g/mol.